The number of hydrogen-bond donors (Lipinski definition) is 2. The third-order valence-corrected chi connectivity index (χ3v) is 2.71. The topological polar surface area (TPSA) is 40.5 Å². The van der Waals surface area contributed by atoms with Gasteiger partial charge in [-0.25, -0.2) is 0 Å². The summed E-state index contributed by atoms with van der Waals surface area (Å²) in [6.07, 6.45) is 0.364. The average molecular weight is 230 g/mol. The van der Waals surface area contributed by atoms with Crippen molar-refractivity contribution in [3.63, 3.8) is 0 Å². The molecule has 50 valence electrons. The van der Waals surface area contributed by atoms with Crippen LogP contribution < -0.4 is 0 Å². The van der Waals surface area contributed by atoms with Crippen LogP contribution in [-0.2, 0) is 0 Å². The van der Waals surface area contributed by atoms with Gasteiger partial charge in [-0.2, -0.15) is 0 Å². The second kappa shape index (κ2) is 4.52. The van der Waals surface area contributed by atoms with Gasteiger partial charge in [-0.1, -0.05) is 29.5 Å². The summed E-state index contributed by atoms with van der Waals surface area (Å²) in [5.74, 6) is 0. The summed E-state index contributed by atoms with van der Waals surface area (Å²) in [6.45, 7) is 1.86. The van der Waals surface area contributed by atoms with E-state index in [1.54, 1.807) is 0 Å². The van der Waals surface area contributed by atoms with Gasteiger partial charge in [-0.3, -0.25) is 0 Å². The number of alkyl halides is 1. The lowest BCUT2D eigenvalue weighted by Crippen LogP contribution is -2.23. The van der Waals surface area contributed by atoms with E-state index >= 15 is 0 Å². The van der Waals surface area contributed by atoms with Gasteiger partial charge in [0.25, 0.3) is 0 Å². The Hall–Kier alpha value is 0.650. The average Bonchev–Trinajstić information content (AvgIpc) is 1.84. The molecular weight excluding hydrogens is 219 g/mol. The van der Waals surface area contributed by atoms with Gasteiger partial charge >= 0.3 is 0 Å². The van der Waals surface area contributed by atoms with Crippen LogP contribution in [0.1, 0.15) is 13.3 Å². The van der Waals surface area contributed by atoms with Gasteiger partial charge in [-0.05, 0) is 6.42 Å². The van der Waals surface area contributed by atoms with E-state index in [0.717, 1.165) is 6.42 Å². The second-order valence-corrected chi connectivity index (χ2v) is 3.27. The van der Waals surface area contributed by atoms with Crippen molar-refractivity contribution in [1.82, 2.24) is 0 Å². The van der Waals surface area contributed by atoms with Crippen LogP contribution >= 0.6 is 22.6 Å². The predicted molar refractivity (Wildman–Crippen MR) is 41.2 cm³/mol. The van der Waals surface area contributed by atoms with E-state index in [4.69, 9.17) is 10.2 Å². The Balaban J connectivity index is 3.29. The minimum Gasteiger partial charge on any atom is -0.394 e. The number of aliphatic hydroxyl groups excluding tert-OH is 2. The molecule has 0 aliphatic rings. The van der Waals surface area contributed by atoms with Crippen LogP contribution in [0.25, 0.3) is 0 Å². The molecule has 2 atom stereocenters. The van der Waals surface area contributed by atoms with Crippen molar-refractivity contribution in [2.45, 2.75) is 23.4 Å². The van der Waals surface area contributed by atoms with Crippen LogP contribution in [0.2, 0.25) is 0 Å². The molecule has 0 radical (unpaired) electrons. The molecule has 0 bridgehead atoms. The molecule has 2 nitrogen and oxygen atoms in total. The molecule has 2 N–H and O–H groups in total. The van der Waals surface area contributed by atoms with Crippen molar-refractivity contribution in [2.24, 2.45) is 0 Å². The molecule has 0 aromatic carbocycles. The number of rotatable bonds is 3. The molecule has 0 heterocycles. The Kier molecular flexibility index (Phi) is 4.89. The van der Waals surface area contributed by atoms with E-state index in [1.165, 1.54) is 0 Å². The Morgan fingerprint density at radius 1 is 1.62 bits per heavy atom. The van der Waals surface area contributed by atoms with Crippen LogP contribution in [0.3, 0.4) is 0 Å². The maximum absolute atomic E-state index is 8.87. The fourth-order valence-corrected chi connectivity index (χ4v) is 0.614. The van der Waals surface area contributed by atoms with Crippen LogP contribution in [0.15, 0.2) is 0 Å². The third kappa shape index (κ3) is 2.84. The Morgan fingerprint density at radius 2 is 2.12 bits per heavy atom. The molecule has 0 saturated carbocycles. The first-order valence-electron chi connectivity index (χ1n) is 2.65. The highest BCUT2D eigenvalue weighted by Gasteiger charge is 2.10. The van der Waals surface area contributed by atoms with Gasteiger partial charge in [0.1, 0.15) is 0 Å². The molecule has 0 amide bonds. The molecule has 0 aromatic heterocycles. The normalized spacial score (nSPS) is 18.0. The molecule has 0 rings (SSSR count). The second-order valence-electron chi connectivity index (χ2n) is 1.67. The molecule has 0 unspecified atom stereocenters. The molecular formula is C5H11IO2. The fourth-order valence-electron chi connectivity index (χ4n) is 0.386. The highest BCUT2D eigenvalue weighted by molar-refractivity contribution is 14.1. The summed E-state index contributed by atoms with van der Waals surface area (Å²) in [5.41, 5.74) is 0. The Labute approximate surface area is 63.0 Å². The zero-order chi connectivity index (χ0) is 6.57. The molecule has 3 heteroatoms. The summed E-state index contributed by atoms with van der Waals surface area (Å²) in [6, 6.07) is 0. The van der Waals surface area contributed by atoms with E-state index in [-0.39, 0.29) is 10.5 Å². The molecule has 0 spiro atoms. The molecule has 0 aromatic rings. The largest absolute Gasteiger partial charge is 0.394 e. The van der Waals surface area contributed by atoms with E-state index in [2.05, 4.69) is 22.6 Å². The summed E-state index contributed by atoms with van der Waals surface area (Å²) in [4.78, 5) is 0. The zero-order valence-corrected chi connectivity index (χ0v) is 7.00. The highest BCUT2D eigenvalue weighted by atomic mass is 127. The molecule has 0 aliphatic heterocycles. The maximum atomic E-state index is 8.87. The standard InChI is InChI=1S/C5H11IO2/c1-2-4(6)5(8)3-7/h4-5,7-8H,2-3H2,1H3/t4-,5-/m1/s1. The van der Waals surface area contributed by atoms with E-state index < -0.39 is 6.10 Å². The van der Waals surface area contributed by atoms with Gasteiger partial charge < -0.3 is 10.2 Å². The summed E-state index contributed by atoms with van der Waals surface area (Å²) < 4.78 is 0.192. The molecule has 0 fully saturated rings. The van der Waals surface area contributed by atoms with Gasteiger partial charge in [0, 0.05) is 3.92 Å². The Bertz CT molecular complexity index is 50.4. The van der Waals surface area contributed by atoms with E-state index in [1.807, 2.05) is 6.92 Å². The maximum Gasteiger partial charge on any atom is 0.0888 e. The summed E-state index contributed by atoms with van der Waals surface area (Å²) in [5, 5.41) is 17.3. The molecule has 0 saturated heterocycles. The number of halogens is 1. The quantitative estimate of drug-likeness (QED) is 0.549. The van der Waals surface area contributed by atoms with E-state index in [9.17, 15) is 0 Å². The lowest BCUT2D eigenvalue weighted by Gasteiger charge is -2.10. The van der Waals surface area contributed by atoms with Gasteiger partial charge in [0.15, 0.2) is 0 Å². The number of hydrogen-bond acceptors (Lipinski definition) is 2. The minimum absolute atomic E-state index is 0.124. The minimum atomic E-state index is -0.541. The summed E-state index contributed by atoms with van der Waals surface area (Å²) in [7, 11) is 0. The first-order chi connectivity index (χ1) is 3.72. The zero-order valence-electron chi connectivity index (χ0n) is 4.84. The van der Waals surface area contributed by atoms with Crippen molar-refractivity contribution in [1.29, 1.82) is 0 Å². The lowest BCUT2D eigenvalue weighted by atomic mass is 10.2. The van der Waals surface area contributed by atoms with Crippen molar-refractivity contribution in [3.8, 4) is 0 Å². The molecule has 0 aliphatic carbocycles. The third-order valence-electron chi connectivity index (χ3n) is 0.995. The molecule has 8 heavy (non-hydrogen) atoms. The SMILES string of the molecule is CC[C@@H](I)[C@H](O)CO. The monoisotopic (exact) mass is 230 g/mol. The van der Waals surface area contributed by atoms with Crippen molar-refractivity contribution >= 4 is 22.6 Å². The van der Waals surface area contributed by atoms with Gasteiger partial charge in [0.2, 0.25) is 0 Å². The highest BCUT2D eigenvalue weighted by Crippen LogP contribution is 2.09. The van der Waals surface area contributed by atoms with Gasteiger partial charge in [-0.15, -0.1) is 0 Å². The van der Waals surface area contributed by atoms with Crippen LogP contribution in [0, 0.1) is 0 Å². The van der Waals surface area contributed by atoms with Crippen LogP contribution in [-0.4, -0.2) is 26.8 Å². The predicted octanol–water partition coefficient (Wildman–Crippen LogP) is 0.553. The fraction of sp³-hybridized carbons (Fsp3) is 1.00. The first kappa shape index (κ1) is 8.65. The van der Waals surface area contributed by atoms with Crippen molar-refractivity contribution in [2.75, 3.05) is 6.61 Å². The van der Waals surface area contributed by atoms with E-state index in [0.29, 0.717) is 0 Å². The first-order valence-corrected chi connectivity index (χ1v) is 3.90. The van der Waals surface area contributed by atoms with Crippen LogP contribution in [0.4, 0.5) is 0 Å². The van der Waals surface area contributed by atoms with Crippen LogP contribution in [0.5, 0.6) is 0 Å². The van der Waals surface area contributed by atoms with Gasteiger partial charge in [0.05, 0.1) is 12.7 Å². The summed E-state index contributed by atoms with van der Waals surface area (Å²) >= 11 is 2.12. The van der Waals surface area contributed by atoms with Crippen molar-refractivity contribution in [3.05, 3.63) is 0 Å². The number of aliphatic hydroxyl groups is 2. The lowest BCUT2D eigenvalue weighted by molar-refractivity contribution is 0.0958. The smallest absolute Gasteiger partial charge is 0.0888 e. The van der Waals surface area contributed by atoms with Crippen molar-refractivity contribution < 1.29 is 10.2 Å². The Morgan fingerprint density at radius 3 is 2.25 bits per heavy atom.